The summed E-state index contributed by atoms with van der Waals surface area (Å²) >= 11 is 2.18. The van der Waals surface area contributed by atoms with Gasteiger partial charge in [0.25, 0.3) is 5.91 Å². The standard InChI is InChI=1S/C17H19IN2O3/c1-11(2)10-23-16-9-19-14(7-15(16)21)8-20-17(22)12-3-5-13(18)6-4-12/h3-7,9,11H,8,10H2,1-2H3,(H,19,21)(H,20,22). The number of carbonyl (C=O) groups is 1. The van der Waals surface area contributed by atoms with Crippen molar-refractivity contribution >= 4 is 28.5 Å². The van der Waals surface area contributed by atoms with E-state index in [0.29, 0.717) is 29.5 Å². The van der Waals surface area contributed by atoms with Crippen molar-refractivity contribution in [2.75, 3.05) is 6.61 Å². The van der Waals surface area contributed by atoms with Crippen molar-refractivity contribution in [1.82, 2.24) is 10.3 Å². The molecule has 2 aromatic rings. The number of pyridine rings is 1. The molecule has 0 fully saturated rings. The van der Waals surface area contributed by atoms with E-state index in [-0.39, 0.29) is 17.9 Å². The van der Waals surface area contributed by atoms with Crippen LogP contribution in [0.4, 0.5) is 0 Å². The van der Waals surface area contributed by atoms with Crippen LogP contribution < -0.4 is 15.5 Å². The van der Waals surface area contributed by atoms with Crippen LogP contribution in [0.3, 0.4) is 0 Å². The molecule has 0 atom stereocenters. The molecule has 122 valence electrons. The van der Waals surface area contributed by atoms with Gasteiger partial charge in [0.1, 0.15) is 0 Å². The number of aromatic nitrogens is 1. The van der Waals surface area contributed by atoms with Crippen molar-refractivity contribution < 1.29 is 9.53 Å². The first-order valence-corrected chi connectivity index (χ1v) is 8.41. The number of aromatic amines is 1. The first kappa shape index (κ1) is 17.5. The molecule has 5 nitrogen and oxygen atoms in total. The van der Waals surface area contributed by atoms with Gasteiger partial charge in [-0.2, -0.15) is 0 Å². The zero-order chi connectivity index (χ0) is 16.8. The second-order valence-electron chi connectivity index (χ2n) is 5.58. The second-order valence-corrected chi connectivity index (χ2v) is 6.83. The lowest BCUT2D eigenvalue weighted by Crippen LogP contribution is -2.24. The maximum absolute atomic E-state index is 12.0. The number of ether oxygens (including phenoxy) is 1. The van der Waals surface area contributed by atoms with Gasteiger partial charge in [0, 0.05) is 27.1 Å². The number of hydrogen-bond donors (Lipinski definition) is 2. The molecule has 0 aliphatic heterocycles. The van der Waals surface area contributed by atoms with E-state index >= 15 is 0 Å². The first-order chi connectivity index (χ1) is 11.0. The molecule has 23 heavy (non-hydrogen) atoms. The van der Waals surface area contributed by atoms with E-state index in [2.05, 4.69) is 32.9 Å². The Labute approximate surface area is 148 Å². The van der Waals surface area contributed by atoms with E-state index in [1.165, 1.54) is 12.3 Å². The van der Waals surface area contributed by atoms with E-state index in [0.717, 1.165) is 3.57 Å². The highest BCUT2D eigenvalue weighted by atomic mass is 127. The molecular weight excluding hydrogens is 407 g/mol. The molecule has 2 rings (SSSR count). The molecule has 1 amide bonds. The summed E-state index contributed by atoms with van der Waals surface area (Å²) < 4.78 is 6.50. The summed E-state index contributed by atoms with van der Waals surface area (Å²) in [6, 6.07) is 8.73. The van der Waals surface area contributed by atoms with Crippen LogP contribution in [0.25, 0.3) is 0 Å². The number of benzene rings is 1. The fraction of sp³-hybridized carbons (Fsp3) is 0.294. The Morgan fingerprint density at radius 3 is 2.61 bits per heavy atom. The highest BCUT2D eigenvalue weighted by Gasteiger charge is 2.07. The monoisotopic (exact) mass is 426 g/mol. The predicted molar refractivity (Wildman–Crippen MR) is 97.7 cm³/mol. The zero-order valence-electron chi connectivity index (χ0n) is 13.1. The summed E-state index contributed by atoms with van der Waals surface area (Å²) in [7, 11) is 0. The Morgan fingerprint density at radius 1 is 1.30 bits per heavy atom. The van der Waals surface area contributed by atoms with Crippen LogP contribution in [0, 0.1) is 9.49 Å². The molecular formula is C17H19IN2O3. The second kappa shape index (κ2) is 8.14. The highest BCUT2D eigenvalue weighted by Crippen LogP contribution is 2.07. The van der Waals surface area contributed by atoms with Gasteiger partial charge in [-0.05, 0) is 52.8 Å². The molecule has 0 radical (unpaired) electrons. The fourth-order valence-electron chi connectivity index (χ4n) is 1.85. The lowest BCUT2D eigenvalue weighted by molar-refractivity contribution is 0.0950. The van der Waals surface area contributed by atoms with Crippen LogP contribution >= 0.6 is 22.6 Å². The Hall–Kier alpha value is -1.83. The lowest BCUT2D eigenvalue weighted by atomic mass is 10.2. The average Bonchev–Trinajstić information content (AvgIpc) is 2.52. The molecule has 2 N–H and O–H groups in total. The van der Waals surface area contributed by atoms with Gasteiger partial charge in [-0.3, -0.25) is 9.59 Å². The van der Waals surface area contributed by atoms with E-state index in [4.69, 9.17) is 4.74 Å². The van der Waals surface area contributed by atoms with Gasteiger partial charge < -0.3 is 15.0 Å². The smallest absolute Gasteiger partial charge is 0.251 e. The van der Waals surface area contributed by atoms with Crippen molar-refractivity contribution in [2.24, 2.45) is 5.92 Å². The van der Waals surface area contributed by atoms with Gasteiger partial charge in [0.2, 0.25) is 5.43 Å². The fourth-order valence-corrected chi connectivity index (χ4v) is 2.21. The summed E-state index contributed by atoms with van der Waals surface area (Å²) in [5, 5.41) is 2.78. The van der Waals surface area contributed by atoms with Gasteiger partial charge >= 0.3 is 0 Å². The molecule has 0 aliphatic carbocycles. The van der Waals surface area contributed by atoms with Crippen molar-refractivity contribution in [3.05, 3.63) is 61.6 Å². The maximum atomic E-state index is 12.0. The highest BCUT2D eigenvalue weighted by molar-refractivity contribution is 14.1. The molecule has 0 aliphatic rings. The first-order valence-electron chi connectivity index (χ1n) is 7.34. The zero-order valence-corrected chi connectivity index (χ0v) is 15.2. The van der Waals surface area contributed by atoms with E-state index in [1.54, 1.807) is 12.1 Å². The topological polar surface area (TPSA) is 71.2 Å². The van der Waals surface area contributed by atoms with Gasteiger partial charge in [0.05, 0.1) is 13.2 Å². The number of H-pyrrole nitrogens is 1. The Kier molecular flexibility index (Phi) is 6.20. The minimum Gasteiger partial charge on any atom is -0.488 e. The minimum atomic E-state index is -0.192. The Morgan fingerprint density at radius 2 is 2.00 bits per heavy atom. The van der Waals surface area contributed by atoms with E-state index in [1.807, 2.05) is 26.0 Å². The molecule has 6 heteroatoms. The molecule has 0 saturated carbocycles. The molecule has 0 saturated heterocycles. The minimum absolute atomic E-state index is 0.178. The van der Waals surface area contributed by atoms with Crippen LogP contribution in [-0.4, -0.2) is 17.5 Å². The molecule has 1 heterocycles. The number of rotatable bonds is 6. The van der Waals surface area contributed by atoms with Crippen LogP contribution in [0.15, 0.2) is 41.3 Å². The SMILES string of the molecule is CC(C)COc1c[nH]c(CNC(=O)c2ccc(I)cc2)cc1=O. The third kappa shape index (κ3) is 5.38. The summed E-state index contributed by atoms with van der Waals surface area (Å²) in [6.45, 7) is 4.78. The van der Waals surface area contributed by atoms with Gasteiger partial charge in [-0.25, -0.2) is 0 Å². The quantitative estimate of drug-likeness (QED) is 0.698. The summed E-state index contributed by atoms with van der Waals surface area (Å²) in [6.07, 6.45) is 1.54. The molecule has 0 unspecified atom stereocenters. The van der Waals surface area contributed by atoms with Crippen LogP contribution in [0.1, 0.15) is 29.9 Å². The number of nitrogens with one attached hydrogen (secondary N) is 2. The lowest BCUT2D eigenvalue weighted by Gasteiger charge is -2.09. The van der Waals surface area contributed by atoms with Crippen molar-refractivity contribution in [3.63, 3.8) is 0 Å². The Bertz CT molecular complexity index is 723. The van der Waals surface area contributed by atoms with E-state index in [9.17, 15) is 9.59 Å². The van der Waals surface area contributed by atoms with Crippen molar-refractivity contribution in [2.45, 2.75) is 20.4 Å². The van der Waals surface area contributed by atoms with Crippen molar-refractivity contribution in [1.29, 1.82) is 0 Å². The molecule has 1 aromatic heterocycles. The molecule has 1 aromatic carbocycles. The van der Waals surface area contributed by atoms with Gasteiger partial charge in [-0.1, -0.05) is 13.8 Å². The van der Waals surface area contributed by atoms with Gasteiger partial charge in [0.15, 0.2) is 5.75 Å². The van der Waals surface area contributed by atoms with Crippen LogP contribution in [-0.2, 0) is 6.54 Å². The van der Waals surface area contributed by atoms with E-state index < -0.39 is 0 Å². The molecule has 0 spiro atoms. The van der Waals surface area contributed by atoms with Gasteiger partial charge in [-0.15, -0.1) is 0 Å². The largest absolute Gasteiger partial charge is 0.488 e. The number of carbonyl (C=O) groups excluding carboxylic acids is 1. The normalized spacial score (nSPS) is 10.6. The van der Waals surface area contributed by atoms with Crippen LogP contribution in [0.2, 0.25) is 0 Å². The average molecular weight is 426 g/mol. The third-order valence-electron chi connectivity index (χ3n) is 3.05. The van der Waals surface area contributed by atoms with Crippen molar-refractivity contribution in [3.8, 4) is 5.75 Å². The third-order valence-corrected chi connectivity index (χ3v) is 3.77. The number of amides is 1. The maximum Gasteiger partial charge on any atom is 0.251 e. The molecule has 0 bridgehead atoms. The Balaban J connectivity index is 1.95. The van der Waals surface area contributed by atoms with Crippen LogP contribution in [0.5, 0.6) is 5.75 Å². The summed E-state index contributed by atoms with van der Waals surface area (Å²) in [5.74, 6) is 0.469. The summed E-state index contributed by atoms with van der Waals surface area (Å²) in [4.78, 5) is 27.0. The predicted octanol–water partition coefficient (Wildman–Crippen LogP) is 2.94. The summed E-state index contributed by atoms with van der Waals surface area (Å²) in [5.41, 5.74) is 1.03. The number of hydrogen-bond acceptors (Lipinski definition) is 3. The number of halogens is 1.